The van der Waals surface area contributed by atoms with E-state index in [2.05, 4.69) is 10.3 Å². The van der Waals surface area contributed by atoms with E-state index in [0.29, 0.717) is 0 Å². The molecule has 78 valence electrons. The zero-order valence-corrected chi connectivity index (χ0v) is 7.91. The highest BCUT2D eigenvalue weighted by Gasteiger charge is 2.31. The third-order valence-corrected chi connectivity index (χ3v) is 1.64. The Morgan fingerprint density at radius 3 is 2.43 bits per heavy atom. The number of benzene rings is 1. The lowest BCUT2D eigenvalue weighted by molar-refractivity contribution is -0.137. The third kappa shape index (κ3) is 2.78. The maximum absolute atomic E-state index is 12.3. The summed E-state index contributed by atoms with van der Waals surface area (Å²) in [6.07, 6.45) is -4.42. The lowest BCUT2D eigenvalue weighted by atomic mass is 10.2. The Bertz CT molecular complexity index is 327. The largest absolute Gasteiger partial charge is 0.416 e. The van der Waals surface area contributed by atoms with Crippen LogP contribution < -0.4 is 10.3 Å². The van der Waals surface area contributed by atoms with Crippen LogP contribution in [0, 0.1) is 0 Å². The van der Waals surface area contributed by atoms with Gasteiger partial charge in [-0.25, -0.2) is 0 Å². The maximum Gasteiger partial charge on any atom is 0.416 e. The molecular weight excluding hydrogens is 219 g/mol. The van der Waals surface area contributed by atoms with E-state index in [9.17, 15) is 13.2 Å². The van der Waals surface area contributed by atoms with Crippen molar-refractivity contribution >= 4 is 11.6 Å². The fourth-order valence-corrected chi connectivity index (χ4v) is 1.13. The van der Waals surface area contributed by atoms with Crippen molar-refractivity contribution in [1.82, 2.24) is 5.48 Å². The van der Waals surface area contributed by atoms with Crippen molar-refractivity contribution in [2.75, 3.05) is 7.05 Å². The van der Waals surface area contributed by atoms with Crippen LogP contribution in [0.3, 0.4) is 0 Å². The van der Waals surface area contributed by atoms with E-state index in [0.717, 1.165) is 12.1 Å². The molecule has 0 aliphatic rings. The van der Waals surface area contributed by atoms with Crippen molar-refractivity contribution in [2.45, 2.75) is 6.18 Å². The number of nitrogens with one attached hydrogen (secondary N) is 1. The first kappa shape index (κ1) is 11.1. The lowest BCUT2D eigenvalue weighted by Crippen LogP contribution is -2.12. The van der Waals surface area contributed by atoms with Gasteiger partial charge in [0.05, 0.1) is 5.56 Å². The average Bonchev–Trinajstić information content (AvgIpc) is 2.02. The van der Waals surface area contributed by atoms with E-state index in [1.165, 1.54) is 13.1 Å². The molecule has 0 radical (unpaired) electrons. The monoisotopic (exact) mass is 225 g/mol. The van der Waals surface area contributed by atoms with E-state index in [-0.39, 0.29) is 10.8 Å². The Kier molecular flexibility index (Phi) is 3.23. The van der Waals surface area contributed by atoms with Gasteiger partial charge in [-0.15, -0.1) is 0 Å². The van der Waals surface area contributed by atoms with E-state index >= 15 is 0 Å². The number of hydrogen-bond acceptors (Lipinski definition) is 2. The lowest BCUT2D eigenvalue weighted by Gasteiger charge is -2.09. The summed E-state index contributed by atoms with van der Waals surface area (Å²) < 4.78 is 36.8. The van der Waals surface area contributed by atoms with Crippen molar-refractivity contribution in [3.63, 3.8) is 0 Å². The molecule has 1 rings (SSSR count). The molecule has 0 atom stereocenters. The van der Waals surface area contributed by atoms with Crippen molar-refractivity contribution in [1.29, 1.82) is 0 Å². The van der Waals surface area contributed by atoms with Gasteiger partial charge in [0.1, 0.15) is 5.75 Å². The van der Waals surface area contributed by atoms with Crippen LogP contribution in [0.2, 0.25) is 5.02 Å². The smallest absolute Gasteiger partial charge is 0.409 e. The van der Waals surface area contributed by atoms with Gasteiger partial charge >= 0.3 is 6.18 Å². The first-order chi connectivity index (χ1) is 6.43. The Hall–Kier alpha value is -0.940. The molecule has 1 N–H and O–H groups in total. The molecule has 0 spiro atoms. The summed E-state index contributed by atoms with van der Waals surface area (Å²) in [6.45, 7) is 0. The standard InChI is InChI=1S/C8H7ClF3NO/c1-13-14-7-3-5(8(10,11)12)2-6(9)4-7/h2-4,13H,1H3. The molecule has 0 aromatic heterocycles. The van der Waals surface area contributed by atoms with Crippen LogP contribution in [0.4, 0.5) is 13.2 Å². The number of hydroxylamine groups is 1. The van der Waals surface area contributed by atoms with Crippen LogP contribution in [-0.4, -0.2) is 7.05 Å². The zero-order chi connectivity index (χ0) is 10.8. The molecule has 0 heterocycles. The second-order valence-electron chi connectivity index (χ2n) is 2.48. The summed E-state index contributed by atoms with van der Waals surface area (Å²) >= 11 is 5.48. The average molecular weight is 226 g/mol. The van der Waals surface area contributed by atoms with E-state index in [1.807, 2.05) is 0 Å². The van der Waals surface area contributed by atoms with Gasteiger partial charge in [-0.05, 0) is 12.1 Å². The molecule has 0 aliphatic carbocycles. The van der Waals surface area contributed by atoms with Crippen LogP contribution >= 0.6 is 11.6 Å². The minimum atomic E-state index is -4.42. The van der Waals surface area contributed by atoms with Gasteiger partial charge in [0.15, 0.2) is 0 Å². The highest BCUT2D eigenvalue weighted by molar-refractivity contribution is 6.30. The Labute approximate surface area is 83.6 Å². The molecule has 0 bridgehead atoms. The normalized spacial score (nSPS) is 11.5. The van der Waals surface area contributed by atoms with E-state index in [1.54, 1.807) is 0 Å². The van der Waals surface area contributed by atoms with Gasteiger partial charge in [0.25, 0.3) is 0 Å². The van der Waals surface area contributed by atoms with Gasteiger partial charge in [-0.1, -0.05) is 11.6 Å². The minimum absolute atomic E-state index is 0.0207. The summed E-state index contributed by atoms with van der Waals surface area (Å²) in [5, 5.41) is -0.0231. The summed E-state index contributed by atoms with van der Waals surface area (Å²) in [4.78, 5) is 4.69. The molecule has 1 aromatic carbocycles. The second kappa shape index (κ2) is 4.06. The van der Waals surface area contributed by atoms with Crippen molar-refractivity contribution in [3.8, 4) is 5.75 Å². The summed E-state index contributed by atoms with van der Waals surface area (Å²) in [6, 6.07) is 2.99. The Morgan fingerprint density at radius 1 is 1.29 bits per heavy atom. The minimum Gasteiger partial charge on any atom is -0.409 e. The van der Waals surface area contributed by atoms with Crippen LogP contribution in [0.5, 0.6) is 5.75 Å². The maximum atomic E-state index is 12.3. The van der Waals surface area contributed by atoms with Crippen molar-refractivity contribution in [2.24, 2.45) is 0 Å². The molecule has 1 aromatic rings. The highest BCUT2D eigenvalue weighted by Crippen LogP contribution is 2.33. The molecule has 0 saturated carbocycles. The first-order valence-corrected chi connectivity index (χ1v) is 4.02. The van der Waals surface area contributed by atoms with Crippen LogP contribution in [0.15, 0.2) is 18.2 Å². The Morgan fingerprint density at radius 2 is 1.93 bits per heavy atom. The Balaban J connectivity index is 3.07. The SMILES string of the molecule is CNOc1cc(Cl)cc(C(F)(F)F)c1. The van der Waals surface area contributed by atoms with Gasteiger partial charge in [-0.2, -0.15) is 18.7 Å². The van der Waals surface area contributed by atoms with Gasteiger partial charge in [0, 0.05) is 18.1 Å². The van der Waals surface area contributed by atoms with E-state index in [4.69, 9.17) is 11.6 Å². The molecule has 0 saturated heterocycles. The molecule has 0 amide bonds. The van der Waals surface area contributed by atoms with Gasteiger partial charge in [-0.3, -0.25) is 0 Å². The molecular formula is C8H7ClF3NO. The van der Waals surface area contributed by atoms with Crippen LogP contribution in [-0.2, 0) is 6.18 Å². The fourth-order valence-electron chi connectivity index (χ4n) is 0.903. The molecule has 0 aliphatic heterocycles. The number of rotatable bonds is 2. The number of hydrogen-bond donors (Lipinski definition) is 1. The quantitative estimate of drug-likeness (QED) is 0.782. The fraction of sp³-hybridized carbons (Fsp3) is 0.250. The predicted molar refractivity (Wildman–Crippen MR) is 46.1 cm³/mol. The first-order valence-electron chi connectivity index (χ1n) is 3.65. The summed E-state index contributed by atoms with van der Waals surface area (Å²) in [5.74, 6) is 0.0207. The van der Waals surface area contributed by atoms with Crippen LogP contribution in [0.25, 0.3) is 0 Å². The highest BCUT2D eigenvalue weighted by atomic mass is 35.5. The van der Waals surface area contributed by atoms with Crippen LogP contribution in [0.1, 0.15) is 5.56 Å². The van der Waals surface area contributed by atoms with Gasteiger partial charge in [0.2, 0.25) is 0 Å². The summed E-state index contributed by atoms with van der Waals surface area (Å²) in [5.41, 5.74) is 1.43. The molecule has 0 unspecified atom stereocenters. The third-order valence-electron chi connectivity index (χ3n) is 1.42. The second-order valence-corrected chi connectivity index (χ2v) is 2.92. The molecule has 14 heavy (non-hydrogen) atoms. The topological polar surface area (TPSA) is 21.3 Å². The zero-order valence-electron chi connectivity index (χ0n) is 7.15. The predicted octanol–water partition coefficient (Wildman–Crippen LogP) is 2.87. The molecule has 0 fully saturated rings. The molecule has 2 nitrogen and oxygen atoms in total. The van der Waals surface area contributed by atoms with Crippen molar-refractivity contribution < 1.29 is 18.0 Å². The number of alkyl halides is 3. The van der Waals surface area contributed by atoms with Crippen molar-refractivity contribution in [3.05, 3.63) is 28.8 Å². The van der Waals surface area contributed by atoms with E-state index < -0.39 is 11.7 Å². The molecule has 6 heteroatoms. The summed E-state index contributed by atoms with van der Waals surface area (Å²) in [7, 11) is 1.44. The van der Waals surface area contributed by atoms with Gasteiger partial charge < -0.3 is 4.84 Å². The number of halogens is 4.